The summed E-state index contributed by atoms with van der Waals surface area (Å²) in [6, 6.07) is 0. The molecule has 1 spiro atoms. The predicted molar refractivity (Wildman–Crippen MR) is 41.5 cm³/mol. The normalized spacial score (nSPS) is 60.4. The molecule has 2 aliphatic rings. The van der Waals surface area contributed by atoms with Crippen molar-refractivity contribution in [3.63, 3.8) is 0 Å². The van der Waals surface area contributed by atoms with Gasteiger partial charge in [-0.05, 0) is 4.57 Å². The van der Waals surface area contributed by atoms with Crippen molar-refractivity contribution in [1.82, 2.24) is 0 Å². The van der Waals surface area contributed by atoms with Crippen LogP contribution in [0.15, 0.2) is 0 Å². The van der Waals surface area contributed by atoms with Crippen molar-refractivity contribution in [2.24, 2.45) is 0 Å². The van der Waals surface area contributed by atoms with E-state index < -0.39 is 43.9 Å². The number of rotatable bonds is 0. The molecule has 0 aromatic rings. The Morgan fingerprint density at radius 1 is 0.929 bits per heavy atom. The quantitative estimate of drug-likeness (QED) is 0.223. The highest BCUT2D eigenvalue weighted by Gasteiger charge is 2.87. The number of aliphatic hydroxyl groups excluding tert-OH is 5. The number of aliphatic hydroxyl groups is 5. The van der Waals surface area contributed by atoms with Gasteiger partial charge in [-0.25, -0.2) is 0 Å². The van der Waals surface area contributed by atoms with Crippen LogP contribution in [0.1, 0.15) is 0 Å². The van der Waals surface area contributed by atoms with Crippen molar-refractivity contribution in [2.45, 2.75) is 35.9 Å². The lowest BCUT2D eigenvalue weighted by Crippen LogP contribution is -2.64. The maximum atomic E-state index is 11.0. The summed E-state index contributed by atoms with van der Waals surface area (Å²) in [5, 5.41) is 44.7. The molecule has 0 radical (unpaired) electrons. The average Bonchev–Trinajstić information content (AvgIpc) is 2.83. The van der Waals surface area contributed by atoms with Crippen LogP contribution in [0.3, 0.4) is 0 Å². The Labute approximate surface area is 79.4 Å². The van der Waals surface area contributed by atoms with Crippen LogP contribution < -0.4 is 0 Å². The van der Waals surface area contributed by atoms with Gasteiger partial charge in [0, 0.05) is 0 Å². The molecule has 0 bridgehead atoms. The predicted octanol–water partition coefficient (Wildman–Crippen LogP) is -2.73. The summed E-state index contributed by atoms with van der Waals surface area (Å²) in [5.74, 6) is 0. The first-order valence-electron chi connectivity index (χ1n) is 3.99. The van der Waals surface area contributed by atoms with E-state index in [4.69, 9.17) is 5.11 Å². The maximum Gasteiger partial charge on any atom is 0.559 e. The lowest BCUT2D eigenvalue weighted by atomic mass is 9.84. The molecular weight excluding hydrogens is 215 g/mol. The summed E-state index contributed by atoms with van der Waals surface area (Å²) in [6.45, 7) is 0. The van der Waals surface area contributed by atoms with Gasteiger partial charge in [0.05, 0.1) is 0 Å². The third-order valence-corrected chi connectivity index (χ3v) is 4.17. The molecule has 1 aliphatic heterocycles. The summed E-state index contributed by atoms with van der Waals surface area (Å²) >= 11 is 0. The highest BCUT2D eigenvalue weighted by Crippen LogP contribution is 2.67. The molecule has 1 saturated heterocycles. The molecule has 5 N–H and O–H groups in total. The molecule has 1 heterocycles. The summed E-state index contributed by atoms with van der Waals surface area (Å²) in [7, 11) is -2.30. The monoisotopic (exact) mass is 225 g/mol. The topological polar surface area (TPSA) is 131 Å². The van der Waals surface area contributed by atoms with Gasteiger partial charge in [-0.2, -0.15) is 0 Å². The zero-order valence-corrected chi connectivity index (χ0v) is 7.78. The largest absolute Gasteiger partial charge is 0.559 e. The minimum atomic E-state index is -2.30. The van der Waals surface area contributed by atoms with Crippen molar-refractivity contribution in [3.8, 4) is 0 Å². The van der Waals surface area contributed by atoms with Gasteiger partial charge in [0.15, 0.2) is 12.2 Å². The zero-order valence-electron chi connectivity index (χ0n) is 6.89. The van der Waals surface area contributed by atoms with Crippen molar-refractivity contribution >= 4 is 8.03 Å². The molecule has 0 aromatic heterocycles. The molecular formula is C6H10O7P+. The summed E-state index contributed by atoms with van der Waals surface area (Å²) in [5.41, 5.74) is 0. The summed E-state index contributed by atoms with van der Waals surface area (Å²) in [4.78, 5) is 0. The minimum Gasteiger partial charge on any atom is -0.387 e. The van der Waals surface area contributed by atoms with Gasteiger partial charge < -0.3 is 25.5 Å². The Morgan fingerprint density at radius 2 is 1.29 bits per heavy atom. The smallest absolute Gasteiger partial charge is 0.387 e. The molecule has 1 aliphatic carbocycles. The molecule has 5 atom stereocenters. The second kappa shape index (κ2) is 2.93. The van der Waals surface area contributed by atoms with Crippen LogP contribution >= 0.6 is 8.03 Å². The Hall–Kier alpha value is -0.140. The molecule has 80 valence electrons. The van der Waals surface area contributed by atoms with Crippen molar-refractivity contribution in [1.29, 1.82) is 0 Å². The first-order valence-corrected chi connectivity index (χ1v) is 5.17. The van der Waals surface area contributed by atoms with Gasteiger partial charge in [0.25, 0.3) is 0 Å². The number of hydrogen-bond acceptors (Lipinski definition) is 7. The Morgan fingerprint density at radius 3 is 1.57 bits per heavy atom. The molecule has 2 fully saturated rings. The number of hydrogen-bond donors (Lipinski definition) is 5. The van der Waals surface area contributed by atoms with E-state index in [0.29, 0.717) is 0 Å². The van der Waals surface area contributed by atoms with Gasteiger partial charge in [-0.1, -0.05) is 4.52 Å². The van der Waals surface area contributed by atoms with Gasteiger partial charge in [0.2, 0.25) is 0 Å². The van der Waals surface area contributed by atoms with Gasteiger partial charge in [-0.3, -0.25) is 0 Å². The van der Waals surface area contributed by atoms with Crippen LogP contribution in [0.25, 0.3) is 0 Å². The van der Waals surface area contributed by atoms with E-state index in [1.165, 1.54) is 0 Å². The lowest BCUT2D eigenvalue weighted by molar-refractivity contribution is -0.208. The molecule has 0 amide bonds. The van der Waals surface area contributed by atoms with Crippen LogP contribution in [0.5, 0.6) is 0 Å². The molecule has 5 unspecified atom stereocenters. The van der Waals surface area contributed by atoms with Gasteiger partial charge in [0.1, 0.15) is 18.3 Å². The Bertz CT molecular complexity index is 265. The fourth-order valence-corrected chi connectivity index (χ4v) is 2.95. The van der Waals surface area contributed by atoms with E-state index in [-0.39, 0.29) is 0 Å². The first-order chi connectivity index (χ1) is 6.43. The van der Waals surface area contributed by atoms with Gasteiger partial charge >= 0.3 is 13.4 Å². The first kappa shape index (κ1) is 10.4. The van der Waals surface area contributed by atoms with E-state index in [1.807, 2.05) is 0 Å². The summed E-state index contributed by atoms with van der Waals surface area (Å²) < 4.78 is 15.5. The minimum absolute atomic E-state index is 1.67. The van der Waals surface area contributed by atoms with E-state index >= 15 is 0 Å². The Kier molecular flexibility index (Phi) is 2.17. The van der Waals surface area contributed by atoms with E-state index in [9.17, 15) is 25.0 Å². The van der Waals surface area contributed by atoms with Crippen LogP contribution in [0.4, 0.5) is 0 Å². The second-order valence-electron chi connectivity index (χ2n) is 3.46. The molecule has 2 rings (SSSR count). The van der Waals surface area contributed by atoms with Crippen LogP contribution in [-0.2, 0) is 9.09 Å². The van der Waals surface area contributed by atoms with Crippen molar-refractivity contribution < 1.29 is 34.6 Å². The molecule has 1 saturated carbocycles. The van der Waals surface area contributed by atoms with Crippen LogP contribution in [-0.4, -0.2) is 61.4 Å². The molecule has 0 aromatic carbocycles. The highest BCUT2D eigenvalue weighted by atomic mass is 31.1. The lowest BCUT2D eigenvalue weighted by Gasteiger charge is -2.34. The zero-order chi connectivity index (χ0) is 10.7. The molecule has 8 heteroatoms. The van der Waals surface area contributed by atoms with Crippen molar-refractivity contribution in [3.05, 3.63) is 0 Å². The van der Waals surface area contributed by atoms with E-state index in [0.717, 1.165) is 0 Å². The average molecular weight is 225 g/mol. The van der Waals surface area contributed by atoms with Crippen LogP contribution in [0.2, 0.25) is 0 Å². The SMILES string of the molecule is O=[P+]1OC12C(O)C(O)C(O)C(O)C2O. The standard InChI is InChI=1S/C6H10O7P/c7-1-2(8)4(10)6(13-14(6)12)5(11)3(1)9/h1-5,7-11H/q+1. The van der Waals surface area contributed by atoms with Crippen LogP contribution in [0, 0.1) is 0 Å². The third kappa shape index (κ3) is 1.03. The van der Waals surface area contributed by atoms with E-state index in [1.54, 1.807) is 0 Å². The van der Waals surface area contributed by atoms with Crippen molar-refractivity contribution in [2.75, 3.05) is 0 Å². The maximum absolute atomic E-state index is 11.0. The molecule has 7 nitrogen and oxygen atoms in total. The van der Waals surface area contributed by atoms with Gasteiger partial charge in [-0.15, -0.1) is 0 Å². The third-order valence-electron chi connectivity index (χ3n) is 2.68. The molecule has 14 heavy (non-hydrogen) atoms. The fraction of sp³-hybridized carbons (Fsp3) is 1.00. The summed E-state index contributed by atoms with van der Waals surface area (Å²) in [6.07, 6.45) is -8.39. The van der Waals surface area contributed by atoms with E-state index in [2.05, 4.69) is 4.52 Å². The Balaban J connectivity index is 2.32. The highest BCUT2D eigenvalue weighted by molar-refractivity contribution is 7.47. The fourth-order valence-electron chi connectivity index (χ4n) is 1.68. The second-order valence-corrected chi connectivity index (χ2v) is 4.86.